The number of hydrogen-bond acceptors (Lipinski definition) is 4. The van der Waals surface area contributed by atoms with Crippen molar-refractivity contribution in [2.24, 2.45) is 0 Å². The van der Waals surface area contributed by atoms with Gasteiger partial charge in [0.05, 0.1) is 0 Å². The van der Waals surface area contributed by atoms with Crippen LogP contribution in [0.25, 0.3) is 0 Å². The molecule has 1 fully saturated rings. The molecule has 0 aliphatic carbocycles. The summed E-state index contributed by atoms with van der Waals surface area (Å²) in [5.41, 5.74) is -0.245. The van der Waals surface area contributed by atoms with Crippen LogP contribution in [0, 0.1) is 0 Å². The Morgan fingerprint density at radius 2 is 1.83 bits per heavy atom. The number of benzene rings is 1. The first-order valence-electron chi connectivity index (χ1n) is 5.57. The number of hydrogen-bond donors (Lipinski definition) is 3. The van der Waals surface area contributed by atoms with E-state index >= 15 is 0 Å². The van der Waals surface area contributed by atoms with Crippen molar-refractivity contribution in [2.75, 3.05) is 6.54 Å². The molecular weight excluding hydrogens is 238 g/mol. The zero-order valence-electron chi connectivity index (χ0n) is 9.54. The summed E-state index contributed by atoms with van der Waals surface area (Å²) in [7, 11) is 0. The molecule has 0 bridgehead atoms. The van der Waals surface area contributed by atoms with Crippen molar-refractivity contribution in [3.63, 3.8) is 0 Å². The SMILES string of the molecule is O=C(O)C1CCCN1C(=O)c1c(O)cccc1O. The number of phenolic OH excluding ortho intramolecular Hbond substituents is 2. The van der Waals surface area contributed by atoms with Gasteiger partial charge >= 0.3 is 5.97 Å². The first-order valence-corrected chi connectivity index (χ1v) is 5.57. The number of carboxylic acid groups (broad SMARTS) is 1. The van der Waals surface area contributed by atoms with Crippen molar-refractivity contribution in [1.29, 1.82) is 0 Å². The Hall–Kier alpha value is -2.24. The molecule has 0 spiro atoms. The average molecular weight is 251 g/mol. The maximum atomic E-state index is 12.1. The zero-order chi connectivity index (χ0) is 13.3. The molecule has 3 N–H and O–H groups in total. The number of carbonyl (C=O) groups is 2. The first-order chi connectivity index (χ1) is 8.52. The summed E-state index contributed by atoms with van der Waals surface area (Å²) in [5, 5.41) is 28.2. The Labute approximate surface area is 103 Å². The Kier molecular flexibility index (Phi) is 3.10. The molecule has 1 unspecified atom stereocenters. The Morgan fingerprint density at radius 1 is 1.22 bits per heavy atom. The number of phenols is 2. The number of rotatable bonds is 2. The molecule has 1 aliphatic rings. The molecule has 18 heavy (non-hydrogen) atoms. The fourth-order valence-corrected chi connectivity index (χ4v) is 2.16. The number of carboxylic acids is 1. The van der Waals surface area contributed by atoms with Crippen molar-refractivity contribution in [3.05, 3.63) is 23.8 Å². The maximum absolute atomic E-state index is 12.1. The van der Waals surface area contributed by atoms with E-state index in [1.54, 1.807) is 0 Å². The van der Waals surface area contributed by atoms with E-state index in [0.29, 0.717) is 19.4 Å². The van der Waals surface area contributed by atoms with E-state index in [-0.39, 0.29) is 17.1 Å². The molecule has 1 aliphatic heterocycles. The Morgan fingerprint density at radius 3 is 2.39 bits per heavy atom. The standard InChI is InChI=1S/C12H13NO5/c14-8-4-1-5-9(15)10(8)11(16)13-6-2-3-7(13)12(17)18/h1,4-5,7,14-15H,2-3,6H2,(H,17,18). The topological polar surface area (TPSA) is 98.1 Å². The molecule has 2 rings (SSSR count). The van der Waals surface area contributed by atoms with E-state index in [0.717, 1.165) is 4.90 Å². The Balaban J connectivity index is 2.34. The molecule has 1 saturated heterocycles. The van der Waals surface area contributed by atoms with Crippen LogP contribution < -0.4 is 0 Å². The quantitative estimate of drug-likeness (QED) is 0.721. The number of nitrogens with zero attached hydrogens (tertiary/aromatic N) is 1. The van der Waals surface area contributed by atoms with E-state index in [4.69, 9.17) is 5.11 Å². The van der Waals surface area contributed by atoms with Crippen LogP contribution in [0.15, 0.2) is 18.2 Å². The predicted molar refractivity (Wildman–Crippen MR) is 61.5 cm³/mol. The van der Waals surface area contributed by atoms with Crippen LogP contribution >= 0.6 is 0 Å². The summed E-state index contributed by atoms with van der Waals surface area (Å²) in [5.74, 6) is -2.43. The van der Waals surface area contributed by atoms with Crippen LogP contribution in [-0.2, 0) is 4.79 Å². The summed E-state index contributed by atoms with van der Waals surface area (Å²) in [6.07, 6.45) is 0.979. The highest BCUT2D eigenvalue weighted by atomic mass is 16.4. The van der Waals surface area contributed by atoms with Crippen LogP contribution in [0.3, 0.4) is 0 Å². The van der Waals surface area contributed by atoms with Crippen LogP contribution in [0.1, 0.15) is 23.2 Å². The summed E-state index contributed by atoms with van der Waals surface area (Å²) in [6.45, 7) is 0.309. The Bertz CT molecular complexity index is 479. The van der Waals surface area contributed by atoms with Crippen LogP contribution in [0.5, 0.6) is 11.5 Å². The number of aliphatic carboxylic acids is 1. The molecule has 1 heterocycles. The second kappa shape index (κ2) is 4.56. The van der Waals surface area contributed by atoms with E-state index in [2.05, 4.69) is 0 Å². The molecule has 1 atom stereocenters. The van der Waals surface area contributed by atoms with Gasteiger partial charge in [-0.05, 0) is 25.0 Å². The van der Waals surface area contributed by atoms with E-state index in [9.17, 15) is 19.8 Å². The third-order valence-electron chi connectivity index (χ3n) is 3.03. The van der Waals surface area contributed by atoms with Crippen LogP contribution in [0.4, 0.5) is 0 Å². The zero-order valence-corrected chi connectivity index (χ0v) is 9.54. The third-order valence-corrected chi connectivity index (χ3v) is 3.03. The molecule has 1 aromatic carbocycles. The lowest BCUT2D eigenvalue weighted by molar-refractivity contribution is -0.141. The second-order valence-corrected chi connectivity index (χ2v) is 4.17. The van der Waals surface area contributed by atoms with Crippen molar-refractivity contribution < 1.29 is 24.9 Å². The van der Waals surface area contributed by atoms with Gasteiger partial charge in [-0.15, -0.1) is 0 Å². The van der Waals surface area contributed by atoms with Gasteiger partial charge in [-0.25, -0.2) is 4.79 Å². The van der Waals surface area contributed by atoms with Gasteiger partial charge in [-0.1, -0.05) is 6.07 Å². The fourth-order valence-electron chi connectivity index (χ4n) is 2.16. The maximum Gasteiger partial charge on any atom is 0.326 e. The van der Waals surface area contributed by atoms with Gasteiger partial charge in [0.15, 0.2) is 0 Å². The van der Waals surface area contributed by atoms with Gasteiger partial charge in [-0.3, -0.25) is 4.79 Å². The average Bonchev–Trinajstić information content (AvgIpc) is 2.77. The van der Waals surface area contributed by atoms with Gasteiger partial charge in [0.2, 0.25) is 0 Å². The molecule has 6 heteroatoms. The molecule has 0 radical (unpaired) electrons. The monoisotopic (exact) mass is 251 g/mol. The van der Waals surface area contributed by atoms with Gasteiger partial charge in [0.25, 0.3) is 5.91 Å². The largest absolute Gasteiger partial charge is 0.507 e. The molecule has 6 nitrogen and oxygen atoms in total. The highest BCUT2D eigenvalue weighted by Crippen LogP contribution is 2.30. The molecular formula is C12H13NO5. The number of amides is 1. The first kappa shape index (κ1) is 12.2. The van der Waals surface area contributed by atoms with Crippen molar-refractivity contribution in [2.45, 2.75) is 18.9 Å². The van der Waals surface area contributed by atoms with Gasteiger partial charge in [-0.2, -0.15) is 0 Å². The fraction of sp³-hybridized carbons (Fsp3) is 0.333. The number of likely N-dealkylation sites (tertiary alicyclic amines) is 1. The van der Waals surface area contributed by atoms with Crippen molar-refractivity contribution in [3.8, 4) is 11.5 Å². The molecule has 0 saturated carbocycles. The minimum atomic E-state index is -1.07. The minimum absolute atomic E-state index is 0.245. The molecule has 96 valence electrons. The van der Waals surface area contributed by atoms with Gasteiger partial charge < -0.3 is 20.2 Å². The highest BCUT2D eigenvalue weighted by Gasteiger charge is 2.36. The summed E-state index contributed by atoms with van der Waals surface area (Å²) in [6, 6.07) is 3.06. The summed E-state index contributed by atoms with van der Waals surface area (Å²) in [4.78, 5) is 24.3. The smallest absolute Gasteiger partial charge is 0.326 e. The molecule has 1 amide bonds. The van der Waals surface area contributed by atoms with Crippen molar-refractivity contribution >= 4 is 11.9 Å². The highest BCUT2D eigenvalue weighted by molar-refractivity contribution is 6.01. The lowest BCUT2D eigenvalue weighted by Crippen LogP contribution is -2.40. The summed E-state index contributed by atoms with van der Waals surface area (Å²) < 4.78 is 0. The number of carbonyl (C=O) groups excluding carboxylic acids is 1. The lowest BCUT2D eigenvalue weighted by Gasteiger charge is -2.22. The van der Waals surface area contributed by atoms with Gasteiger partial charge in [0.1, 0.15) is 23.1 Å². The third kappa shape index (κ3) is 1.97. The number of aromatic hydroxyl groups is 2. The minimum Gasteiger partial charge on any atom is -0.507 e. The van der Waals surface area contributed by atoms with Crippen molar-refractivity contribution in [1.82, 2.24) is 4.90 Å². The normalized spacial score (nSPS) is 18.9. The van der Waals surface area contributed by atoms with E-state index < -0.39 is 17.9 Å². The predicted octanol–water partition coefficient (Wildman–Crippen LogP) is 0.787. The molecule has 0 aromatic heterocycles. The van der Waals surface area contributed by atoms with E-state index in [1.165, 1.54) is 18.2 Å². The second-order valence-electron chi connectivity index (χ2n) is 4.17. The molecule has 1 aromatic rings. The summed E-state index contributed by atoms with van der Waals surface area (Å²) >= 11 is 0. The van der Waals surface area contributed by atoms with Gasteiger partial charge in [0, 0.05) is 6.54 Å². The lowest BCUT2D eigenvalue weighted by atomic mass is 10.1. The van der Waals surface area contributed by atoms with Crippen LogP contribution in [-0.4, -0.2) is 44.7 Å². The van der Waals surface area contributed by atoms with Crippen LogP contribution in [0.2, 0.25) is 0 Å². The van der Waals surface area contributed by atoms with E-state index in [1.807, 2.05) is 0 Å².